The lowest BCUT2D eigenvalue weighted by atomic mass is 9.99. The average molecular weight is 1120 g/mol. The number of piperidine rings is 1. The van der Waals surface area contributed by atoms with E-state index in [0.29, 0.717) is 70.8 Å². The Balaban J connectivity index is 0.947. The van der Waals surface area contributed by atoms with Crippen LogP contribution in [0, 0.1) is 12.7 Å². The van der Waals surface area contributed by atoms with E-state index >= 15 is 4.39 Å². The number of likely N-dealkylation sites (tertiary alicyclic amines) is 1. The molecular formula is C56H70ClFN6O7S4. The molecule has 3 aliphatic heterocycles. The first-order chi connectivity index (χ1) is 35.5. The molecule has 0 aliphatic carbocycles. The summed E-state index contributed by atoms with van der Waals surface area (Å²) < 4.78 is 108. The van der Waals surface area contributed by atoms with Gasteiger partial charge in [0.25, 0.3) is 10.0 Å². The SMILES string of the molecule is Cc1c(S(C)(=O)=O)c(-c2cc(F)cc(N3CCN(c4ccc(NS(=O)(=O)c5ccc(N[C@H](CCN6CCC(OC(C)C)CC6)CCS6=CC=CC=C6)c(S(C)(=O)=O)c5)cc4)CC3)c2)c(-c2ccc(Cl)cc2)n1C(C)C. The molecule has 13 nitrogen and oxygen atoms in total. The maximum atomic E-state index is 15.8. The van der Waals surface area contributed by atoms with Gasteiger partial charge < -0.3 is 29.3 Å². The molecule has 2 N–H and O–H groups in total. The van der Waals surface area contributed by atoms with E-state index in [2.05, 4.69) is 61.5 Å². The summed E-state index contributed by atoms with van der Waals surface area (Å²) in [4.78, 5) is 6.58. The normalized spacial score (nSPS) is 17.5. The van der Waals surface area contributed by atoms with Gasteiger partial charge >= 0.3 is 0 Å². The van der Waals surface area contributed by atoms with Gasteiger partial charge in [-0.2, -0.15) is 10.5 Å². The molecular weight excluding hydrogens is 1050 g/mol. The summed E-state index contributed by atoms with van der Waals surface area (Å²) in [5.41, 5.74) is 5.05. The third-order valence-corrected chi connectivity index (χ3v) is 19.7. The lowest BCUT2D eigenvalue weighted by Gasteiger charge is -2.37. The maximum Gasteiger partial charge on any atom is 0.261 e. The van der Waals surface area contributed by atoms with Crippen molar-refractivity contribution in [3.63, 3.8) is 0 Å². The summed E-state index contributed by atoms with van der Waals surface area (Å²) >= 11 is 6.27. The summed E-state index contributed by atoms with van der Waals surface area (Å²) in [5.74, 6) is 0.409. The van der Waals surface area contributed by atoms with Crippen LogP contribution in [0.25, 0.3) is 22.4 Å². The summed E-state index contributed by atoms with van der Waals surface area (Å²) in [6, 6.07) is 23.0. The molecule has 0 spiro atoms. The van der Waals surface area contributed by atoms with E-state index in [1.54, 1.807) is 37.3 Å². The number of piperazine rings is 1. The lowest BCUT2D eigenvalue weighted by Crippen LogP contribution is -2.46. The molecule has 0 saturated carbocycles. The van der Waals surface area contributed by atoms with Crippen molar-refractivity contribution >= 4 is 79.9 Å². The number of benzene rings is 4. The van der Waals surface area contributed by atoms with Crippen molar-refractivity contribution in [2.24, 2.45) is 0 Å². The molecule has 2 atom stereocenters. The van der Waals surface area contributed by atoms with Gasteiger partial charge in [0, 0.05) is 104 Å². The minimum atomic E-state index is -4.21. The van der Waals surface area contributed by atoms with E-state index < -0.39 is 35.5 Å². The molecule has 2 fully saturated rings. The highest BCUT2D eigenvalue weighted by Crippen LogP contribution is 2.45. The van der Waals surface area contributed by atoms with Crippen LogP contribution in [0.15, 0.2) is 123 Å². The molecule has 0 radical (unpaired) electrons. The number of rotatable bonds is 20. The Morgan fingerprint density at radius 2 is 1.41 bits per heavy atom. The minimum absolute atomic E-state index is 0.0307. The van der Waals surface area contributed by atoms with Gasteiger partial charge in [-0.3, -0.25) is 4.72 Å². The molecule has 1 aromatic heterocycles. The van der Waals surface area contributed by atoms with E-state index in [0.717, 1.165) is 68.6 Å². The second-order valence-electron chi connectivity index (χ2n) is 20.3. The van der Waals surface area contributed by atoms with E-state index in [4.69, 9.17) is 16.3 Å². The third kappa shape index (κ3) is 14.0. The number of nitrogens with one attached hydrogen (secondary N) is 2. The van der Waals surface area contributed by atoms with Crippen LogP contribution in [0.1, 0.15) is 65.1 Å². The minimum Gasteiger partial charge on any atom is -0.381 e. The second-order valence-corrected chi connectivity index (χ2v) is 28.3. The van der Waals surface area contributed by atoms with Crippen molar-refractivity contribution in [3.8, 4) is 22.4 Å². The van der Waals surface area contributed by atoms with Crippen LogP contribution < -0.4 is 19.8 Å². The van der Waals surface area contributed by atoms with Crippen LogP contribution in [0.2, 0.25) is 5.02 Å². The highest BCUT2D eigenvalue weighted by atomic mass is 35.5. The molecule has 1 unspecified atom stereocenters. The standard InChI is InChI=1S/C56H70ClFN6O7S4/c1-39(2)64-41(5)56(74(7,67)68)54(55(64)42-11-13-44(57)14-12-42)43-35-45(58)37-49(36-43)63-30-28-62(29-31-63)48-17-15-47(16-18-48)60-75(69,70)51-19-20-52(53(38-51)73(6,65)66)59-46(24-34-72-32-9-8-10-33-72)21-25-61-26-22-50(23-27-61)71-40(3)4/h8-20,32-33,35-40,46,50,59-60H,21-31,34H2,1-7H3/t46-/m1/s1. The topological polar surface area (TPSA) is 150 Å². The highest BCUT2D eigenvalue weighted by molar-refractivity contribution is 8.17. The van der Waals surface area contributed by atoms with Crippen molar-refractivity contribution in [1.82, 2.24) is 9.47 Å². The largest absolute Gasteiger partial charge is 0.381 e. The van der Waals surface area contributed by atoms with Crippen LogP contribution in [0.5, 0.6) is 0 Å². The second kappa shape index (κ2) is 23.7. The van der Waals surface area contributed by atoms with Crippen LogP contribution in [-0.4, -0.2) is 122 Å². The molecule has 5 aromatic rings. The van der Waals surface area contributed by atoms with Crippen molar-refractivity contribution in [2.45, 2.75) is 99.3 Å². The van der Waals surface area contributed by atoms with Crippen molar-refractivity contribution in [3.05, 3.63) is 125 Å². The van der Waals surface area contributed by atoms with Gasteiger partial charge in [-0.1, -0.05) is 42.0 Å². The molecule has 8 rings (SSSR count). The number of anilines is 4. The predicted octanol–water partition coefficient (Wildman–Crippen LogP) is 11.0. The van der Waals surface area contributed by atoms with Crippen LogP contribution >= 0.6 is 22.1 Å². The van der Waals surface area contributed by atoms with Gasteiger partial charge in [0.05, 0.1) is 38.3 Å². The molecule has 3 aliphatic rings. The molecule has 404 valence electrons. The van der Waals surface area contributed by atoms with Gasteiger partial charge in [0.1, 0.15) is 5.82 Å². The number of sulfone groups is 2. The van der Waals surface area contributed by atoms with Gasteiger partial charge in [0.15, 0.2) is 19.7 Å². The molecule has 4 heterocycles. The number of nitrogens with zero attached hydrogens (tertiary/aromatic N) is 4. The van der Waals surface area contributed by atoms with Gasteiger partial charge in [-0.25, -0.2) is 29.6 Å². The molecule has 19 heteroatoms. The van der Waals surface area contributed by atoms with Crippen LogP contribution in [-0.2, 0) is 34.4 Å². The number of hydrogen-bond acceptors (Lipinski definition) is 11. The molecule has 75 heavy (non-hydrogen) atoms. The van der Waals surface area contributed by atoms with Gasteiger partial charge in [-0.15, -0.1) is 0 Å². The van der Waals surface area contributed by atoms with Crippen LogP contribution in [0.4, 0.5) is 27.1 Å². The quantitative estimate of drug-likeness (QED) is 0.0717. The fourth-order valence-corrected chi connectivity index (χ4v) is 15.3. The van der Waals surface area contributed by atoms with Crippen molar-refractivity contribution in [1.29, 1.82) is 0 Å². The molecule has 4 aromatic carbocycles. The number of halogens is 2. The summed E-state index contributed by atoms with van der Waals surface area (Å²) in [7, 11) is -11.9. The fraction of sp³-hybridized carbons (Fsp3) is 0.411. The average Bonchev–Trinajstić information content (AvgIpc) is 3.73. The highest BCUT2D eigenvalue weighted by Gasteiger charge is 2.31. The Labute approximate surface area is 451 Å². The molecule has 0 amide bonds. The Hall–Kier alpha value is -4.95. The zero-order valence-electron chi connectivity index (χ0n) is 43.8. The third-order valence-electron chi connectivity index (χ3n) is 13.9. The Morgan fingerprint density at radius 3 is 2.01 bits per heavy atom. The number of hydrogen-bond donors (Lipinski definition) is 2. The van der Waals surface area contributed by atoms with Gasteiger partial charge in [0.2, 0.25) is 0 Å². The van der Waals surface area contributed by atoms with Crippen molar-refractivity contribution in [2.75, 3.05) is 83.9 Å². The van der Waals surface area contributed by atoms with Crippen LogP contribution in [0.3, 0.4) is 0 Å². The van der Waals surface area contributed by atoms with E-state index in [-0.39, 0.29) is 49.5 Å². The van der Waals surface area contributed by atoms with E-state index in [1.807, 2.05) is 54.8 Å². The molecule has 0 bridgehead atoms. The Kier molecular flexibility index (Phi) is 17.8. The Morgan fingerprint density at radius 1 is 0.747 bits per heavy atom. The monoisotopic (exact) mass is 1120 g/mol. The number of ether oxygens (including phenoxy) is 1. The predicted molar refractivity (Wildman–Crippen MR) is 309 cm³/mol. The smallest absolute Gasteiger partial charge is 0.261 e. The first kappa shape index (κ1) is 56.3. The molecule has 2 saturated heterocycles. The summed E-state index contributed by atoms with van der Waals surface area (Å²) in [6.07, 6.45) is 12.4. The summed E-state index contributed by atoms with van der Waals surface area (Å²) in [5, 5.41) is 8.46. The van der Waals surface area contributed by atoms with Crippen molar-refractivity contribution < 1.29 is 34.4 Å². The van der Waals surface area contributed by atoms with Gasteiger partial charge in [-0.05, 0) is 161 Å². The maximum absolute atomic E-state index is 15.8. The zero-order valence-corrected chi connectivity index (χ0v) is 47.8. The van der Waals surface area contributed by atoms with E-state index in [9.17, 15) is 25.3 Å². The number of sulfonamides is 1. The Bertz CT molecular complexity index is 3290. The lowest BCUT2D eigenvalue weighted by molar-refractivity contribution is -0.0269. The number of aromatic nitrogens is 1. The summed E-state index contributed by atoms with van der Waals surface area (Å²) in [6.45, 7) is 14.8. The number of allylic oxidation sites excluding steroid dienone is 3. The fourth-order valence-electron chi connectivity index (χ4n) is 10.4. The first-order valence-corrected chi connectivity index (χ1v) is 32.7. The first-order valence-electron chi connectivity index (χ1n) is 25.5. The zero-order chi connectivity index (χ0) is 53.8. The van der Waals surface area contributed by atoms with E-state index in [1.165, 1.54) is 30.5 Å².